The summed E-state index contributed by atoms with van der Waals surface area (Å²) in [6.45, 7) is 10.5. The molecule has 0 heterocycles. The standard InChI is InChI=1S/C5H10O2.C4H11N/c1-3-5(6)7-4-2;1-3-5-4-2/h3-4H2,1-2H3;5H,3-4H2,1-2H3. The SMILES string of the molecule is CCNCC.CCOC(=O)CC. The average Bonchev–Trinajstić information content (AvgIpc) is 2.07. The lowest BCUT2D eigenvalue weighted by Gasteiger charge is -1.93. The molecular weight excluding hydrogens is 154 g/mol. The van der Waals surface area contributed by atoms with E-state index in [0.29, 0.717) is 13.0 Å². The van der Waals surface area contributed by atoms with E-state index in [1.54, 1.807) is 13.8 Å². The largest absolute Gasteiger partial charge is 0.466 e. The van der Waals surface area contributed by atoms with Crippen LogP contribution in [0.2, 0.25) is 0 Å². The highest BCUT2D eigenvalue weighted by Crippen LogP contribution is 1.80. The van der Waals surface area contributed by atoms with Crippen LogP contribution < -0.4 is 5.32 Å². The zero-order chi connectivity index (χ0) is 9.82. The third-order valence-electron chi connectivity index (χ3n) is 1.09. The van der Waals surface area contributed by atoms with E-state index < -0.39 is 0 Å². The Morgan fingerprint density at radius 3 is 1.75 bits per heavy atom. The molecule has 0 saturated carbocycles. The van der Waals surface area contributed by atoms with Gasteiger partial charge in [0.25, 0.3) is 0 Å². The molecule has 12 heavy (non-hydrogen) atoms. The van der Waals surface area contributed by atoms with Gasteiger partial charge in [0, 0.05) is 6.42 Å². The molecule has 0 rings (SSSR count). The number of esters is 1. The first kappa shape index (κ1) is 14.0. The highest BCUT2D eigenvalue weighted by molar-refractivity contribution is 5.68. The van der Waals surface area contributed by atoms with Crippen LogP contribution in [0, 0.1) is 0 Å². The zero-order valence-electron chi connectivity index (χ0n) is 8.64. The van der Waals surface area contributed by atoms with Gasteiger partial charge in [-0.25, -0.2) is 0 Å². The van der Waals surface area contributed by atoms with E-state index in [0.717, 1.165) is 13.1 Å². The molecule has 0 aromatic heterocycles. The summed E-state index contributed by atoms with van der Waals surface area (Å²) in [7, 11) is 0. The average molecular weight is 175 g/mol. The second kappa shape index (κ2) is 13.1. The van der Waals surface area contributed by atoms with Gasteiger partial charge in [-0.3, -0.25) is 4.79 Å². The van der Waals surface area contributed by atoms with Crippen molar-refractivity contribution in [1.29, 1.82) is 0 Å². The van der Waals surface area contributed by atoms with Crippen LogP contribution in [0.15, 0.2) is 0 Å². The topological polar surface area (TPSA) is 38.3 Å². The Hall–Kier alpha value is -0.570. The fraction of sp³-hybridized carbons (Fsp3) is 0.889. The second-order valence-corrected chi connectivity index (χ2v) is 2.12. The number of carbonyl (C=O) groups is 1. The Morgan fingerprint density at radius 2 is 1.67 bits per heavy atom. The summed E-state index contributed by atoms with van der Waals surface area (Å²) < 4.78 is 4.55. The van der Waals surface area contributed by atoms with Crippen LogP contribution in [-0.4, -0.2) is 25.7 Å². The van der Waals surface area contributed by atoms with Crippen molar-refractivity contribution in [2.75, 3.05) is 19.7 Å². The molecule has 0 bridgehead atoms. The summed E-state index contributed by atoms with van der Waals surface area (Å²) in [5, 5.41) is 3.11. The molecule has 1 N–H and O–H groups in total. The van der Waals surface area contributed by atoms with Gasteiger partial charge in [-0.1, -0.05) is 20.8 Å². The van der Waals surface area contributed by atoms with Crippen LogP contribution in [0.5, 0.6) is 0 Å². The fourth-order valence-electron chi connectivity index (χ4n) is 0.513. The monoisotopic (exact) mass is 175 g/mol. The van der Waals surface area contributed by atoms with Crippen LogP contribution in [0.4, 0.5) is 0 Å². The molecule has 0 spiro atoms. The van der Waals surface area contributed by atoms with Crippen molar-refractivity contribution >= 4 is 5.97 Å². The second-order valence-electron chi connectivity index (χ2n) is 2.12. The van der Waals surface area contributed by atoms with Gasteiger partial charge in [0.05, 0.1) is 6.61 Å². The first-order valence-electron chi connectivity index (χ1n) is 4.59. The predicted octanol–water partition coefficient (Wildman–Crippen LogP) is 1.58. The minimum absolute atomic E-state index is 0.123. The van der Waals surface area contributed by atoms with Gasteiger partial charge < -0.3 is 10.1 Å². The van der Waals surface area contributed by atoms with Crippen molar-refractivity contribution in [2.24, 2.45) is 0 Å². The number of hydrogen-bond acceptors (Lipinski definition) is 3. The first-order chi connectivity index (χ1) is 5.72. The highest BCUT2D eigenvalue weighted by atomic mass is 16.5. The maximum atomic E-state index is 10.2. The van der Waals surface area contributed by atoms with Gasteiger partial charge in [-0.05, 0) is 20.0 Å². The van der Waals surface area contributed by atoms with Gasteiger partial charge in [0.1, 0.15) is 0 Å². The van der Waals surface area contributed by atoms with Crippen molar-refractivity contribution in [2.45, 2.75) is 34.1 Å². The normalized spacial score (nSPS) is 8.33. The Bertz CT molecular complexity index is 92.5. The minimum atomic E-state index is -0.123. The van der Waals surface area contributed by atoms with Crippen molar-refractivity contribution < 1.29 is 9.53 Å². The molecule has 3 heteroatoms. The summed E-state index contributed by atoms with van der Waals surface area (Å²) in [5.41, 5.74) is 0. The number of nitrogens with one attached hydrogen (secondary N) is 1. The molecule has 0 aromatic carbocycles. The van der Waals surface area contributed by atoms with Gasteiger partial charge in [0.2, 0.25) is 0 Å². The molecule has 0 aromatic rings. The van der Waals surface area contributed by atoms with Crippen LogP contribution >= 0.6 is 0 Å². The molecule has 3 nitrogen and oxygen atoms in total. The van der Waals surface area contributed by atoms with E-state index in [1.807, 2.05) is 0 Å². The Morgan fingerprint density at radius 1 is 1.17 bits per heavy atom. The molecule has 0 fully saturated rings. The zero-order valence-corrected chi connectivity index (χ0v) is 8.64. The molecule has 0 aliphatic rings. The minimum Gasteiger partial charge on any atom is -0.466 e. The Labute approximate surface area is 75.5 Å². The van der Waals surface area contributed by atoms with Gasteiger partial charge in [-0.15, -0.1) is 0 Å². The van der Waals surface area contributed by atoms with Crippen molar-refractivity contribution in [3.05, 3.63) is 0 Å². The maximum absolute atomic E-state index is 10.2. The summed E-state index contributed by atoms with van der Waals surface area (Å²) in [5.74, 6) is -0.123. The molecule has 0 saturated heterocycles. The van der Waals surface area contributed by atoms with Crippen LogP contribution in [0.3, 0.4) is 0 Å². The predicted molar refractivity (Wildman–Crippen MR) is 51.1 cm³/mol. The summed E-state index contributed by atoms with van der Waals surface area (Å²) in [6, 6.07) is 0. The van der Waals surface area contributed by atoms with E-state index in [1.165, 1.54) is 0 Å². The lowest BCUT2D eigenvalue weighted by Crippen LogP contribution is -2.09. The lowest BCUT2D eigenvalue weighted by molar-refractivity contribution is -0.142. The first-order valence-corrected chi connectivity index (χ1v) is 4.59. The van der Waals surface area contributed by atoms with Crippen molar-refractivity contribution in [3.63, 3.8) is 0 Å². The van der Waals surface area contributed by atoms with Gasteiger partial charge >= 0.3 is 5.97 Å². The Kier molecular flexibility index (Phi) is 15.2. The van der Waals surface area contributed by atoms with E-state index >= 15 is 0 Å². The number of carbonyl (C=O) groups excluding carboxylic acids is 1. The third kappa shape index (κ3) is 16.2. The molecule has 0 atom stereocenters. The van der Waals surface area contributed by atoms with Gasteiger partial charge in [0.15, 0.2) is 0 Å². The van der Waals surface area contributed by atoms with E-state index in [4.69, 9.17) is 0 Å². The highest BCUT2D eigenvalue weighted by Gasteiger charge is 1.91. The maximum Gasteiger partial charge on any atom is 0.305 e. The van der Waals surface area contributed by atoms with Crippen molar-refractivity contribution in [3.8, 4) is 0 Å². The molecule has 0 aliphatic heterocycles. The molecule has 0 aliphatic carbocycles. The summed E-state index contributed by atoms with van der Waals surface area (Å²) in [4.78, 5) is 10.2. The summed E-state index contributed by atoms with van der Waals surface area (Å²) >= 11 is 0. The third-order valence-corrected chi connectivity index (χ3v) is 1.09. The molecule has 0 unspecified atom stereocenters. The lowest BCUT2D eigenvalue weighted by atomic mass is 10.5. The number of rotatable bonds is 4. The molecule has 0 amide bonds. The molecular formula is C9H21NO2. The number of hydrogen-bond donors (Lipinski definition) is 1. The van der Waals surface area contributed by atoms with E-state index in [9.17, 15) is 4.79 Å². The fourth-order valence-corrected chi connectivity index (χ4v) is 0.513. The Balaban J connectivity index is 0. The van der Waals surface area contributed by atoms with E-state index in [2.05, 4.69) is 23.9 Å². The number of ether oxygens (including phenoxy) is 1. The van der Waals surface area contributed by atoms with E-state index in [-0.39, 0.29) is 5.97 Å². The smallest absolute Gasteiger partial charge is 0.305 e. The van der Waals surface area contributed by atoms with Crippen LogP contribution in [0.1, 0.15) is 34.1 Å². The molecule has 0 radical (unpaired) electrons. The van der Waals surface area contributed by atoms with Gasteiger partial charge in [-0.2, -0.15) is 0 Å². The van der Waals surface area contributed by atoms with Crippen molar-refractivity contribution in [1.82, 2.24) is 5.32 Å². The van der Waals surface area contributed by atoms with Crippen LogP contribution in [0.25, 0.3) is 0 Å². The molecule has 74 valence electrons. The summed E-state index contributed by atoms with van der Waals surface area (Å²) in [6.07, 6.45) is 0.480. The quantitative estimate of drug-likeness (QED) is 0.659. The van der Waals surface area contributed by atoms with Crippen LogP contribution in [-0.2, 0) is 9.53 Å².